The molecule has 0 spiro atoms. The Morgan fingerprint density at radius 3 is 0.845 bits per heavy atom. The summed E-state index contributed by atoms with van der Waals surface area (Å²) in [5, 5.41) is 23.3. The number of carboxylic acid groups (broad SMARTS) is 1. The number of nitrogens with zero attached hydrogens (tertiary/aromatic N) is 5. The third kappa shape index (κ3) is 14.7. The average Bonchev–Trinajstić information content (AvgIpc) is 1.26. The molecule has 12 aromatic rings. The number of amides is 5. The number of carboxylic acids is 1. The molecule has 9 aromatic carbocycles. The summed E-state index contributed by atoms with van der Waals surface area (Å²) in [5.74, 6) is -5.03. The van der Waals surface area contributed by atoms with Crippen molar-refractivity contribution >= 4 is 35.5 Å². The Labute approximate surface area is 597 Å². The van der Waals surface area contributed by atoms with Crippen molar-refractivity contribution < 1.29 is 33.9 Å². The van der Waals surface area contributed by atoms with Gasteiger partial charge in [0.2, 0.25) is 29.5 Å². The quantitative estimate of drug-likeness (QED) is 0.0196. The van der Waals surface area contributed by atoms with Crippen LogP contribution in [0.1, 0.15) is 87.9 Å². The van der Waals surface area contributed by atoms with E-state index >= 15 is 24.0 Å². The first-order valence-corrected chi connectivity index (χ1v) is 34.3. The summed E-state index contributed by atoms with van der Waals surface area (Å²) < 4.78 is 0. The summed E-state index contributed by atoms with van der Waals surface area (Å²) in [6.07, 6.45) is 8.96. The van der Waals surface area contributed by atoms with Gasteiger partial charge in [0.25, 0.3) is 0 Å². The van der Waals surface area contributed by atoms with E-state index in [4.69, 9.17) is 4.98 Å². The fourth-order valence-electron chi connectivity index (χ4n) is 14.3. The van der Waals surface area contributed by atoms with Crippen LogP contribution in [-0.2, 0) is 64.6 Å². The fraction of sp³-hybridized carbons (Fsp3) is 0.179. The molecule has 0 bridgehead atoms. The average molecular weight is 1370 g/mol. The number of H-pyrrole nitrogens is 3. The van der Waals surface area contributed by atoms with Gasteiger partial charge in [0.05, 0.1) is 47.6 Å². The number of benzene rings is 9. The van der Waals surface area contributed by atoms with E-state index in [9.17, 15) is 9.90 Å². The van der Waals surface area contributed by atoms with Gasteiger partial charge in [0.15, 0.2) is 0 Å². The first-order chi connectivity index (χ1) is 50.2. The Kier molecular flexibility index (Phi) is 21.9. The third-order valence-corrected chi connectivity index (χ3v) is 19.0. The molecule has 6 atom stereocenters. The van der Waals surface area contributed by atoms with E-state index in [-0.39, 0.29) is 19.3 Å². The van der Waals surface area contributed by atoms with Crippen LogP contribution < -0.4 is 21.3 Å². The van der Waals surface area contributed by atoms with Crippen molar-refractivity contribution in [2.75, 3.05) is 0 Å². The highest BCUT2D eigenvalue weighted by atomic mass is 16.4. The number of hydrogen-bond donors (Lipinski definition) is 8. The van der Waals surface area contributed by atoms with Crippen molar-refractivity contribution in [2.45, 2.75) is 92.9 Å². The summed E-state index contributed by atoms with van der Waals surface area (Å²) in [6, 6.07) is 76.6. The highest BCUT2D eigenvalue weighted by Crippen LogP contribution is 2.47. The van der Waals surface area contributed by atoms with Crippen LogP contribution in [0.3, 0.4) is 0 Å². The van der Waals surface area contributed by atoms with Crippen LogP contribution in [0.2, 0.25) is 0 Å². The van der Waals surface area contributed by atoms with E-state index in [1.54, 1.807) is 31.8 Å². The molecule has 0 unspecified atom stereocenters. The maximum atomic E-state index is 17.4. The zero-order valence-electron chi connectivity index (χ0n) is 57.2. The van der Waals surface area contributed by atoms with Crippen LogP contribution in [0.5, 0.6) is 0 Å². The number of imidazole rings is 3. The van der Waals surface area contributed by atoms with Gasteiger partial charge in [0.1, 0.15) is 41.3 Å². The maximum absolute atomic E-state index is 17.4. The number of rotatable bonds is 30. The summed E-state index contributed by atoms with van der Waals surface area (Å²) in [4.78, 5) is 122. The molecule has 3 heterocycles. The summed E-state index contributed by atoms with van der Waals surface area (Å²) in [5.41, 5.74) is 2.44. The van der Waals surface area contributed by atoms with Crippen molar-refractivity contribution in [3.05, 3.63) is 378 Å². The standard InChI is InChI=1S/C84H80N12O7/c1-58(91-76(97)73(49-70-52-85-55-88-70)94-82(61-31-13-4-14-32-61,62-33-15-5-16-34-62)63-35-17-6-18-36-63)79(100)95(83(64-37-19-7-20-38-64,65-39-21-8-22-40-65)66-41-23-9-24-42-66)74(50-71-53-86-56-89-71)77(98)92-59(2)80(101)96(75(51-72-54-87-57-90-72)78(99)93-60(3)81(102)103)84(67-43-25-10-26-44-67,68-45-27-11-28-46-68)69-47-29-12-30-48-69/h4-48,52-60,73-75,94H,49-51H2,1-3H3,(H,85,88)(H,86,89)(H,87,90)(H,91,97)(H,92,98)(H,93,99)(H,102,103)/t58-,59-,60-,73-,74-,75-/m0/s1. The molecule has 0 aliphatic heterocycles. The van der Waals surface area contributed by atoms with Crippen LogP contribution in [0.4, 0.5) is 0 Å². The molecule has 0 aliphatic carbocycles. The molecular formula is C84H80N12O7. The first kappa shape index (κ1) is 70.3. The van der Waals surface area contributed by atoms with Gasteiger partial charge in [-0.1, -0.05) is 273 Å². The monoisotopic (exact) mass is 1370 g/mol. The lowest BCUT2D eigenvalue weighted by Crippen LogP contribution is -2.67. The molecule has 3 aromatic heterocycles. The van der Waals surface area contributed by atoms with E-state index in [0.29, 0.717) is 50.5 Å². The fourth-order valence-corrected chi connectivity index (χ4v) is 14.3. The summed E-state index contributed by atoms with van der Waals surface area (Å²) in [7, 11) is 0. The Morgan fingerprint density at radius 2 is 0.592 bits per heavy atom. The van der Waals surface area contributed by atoms with E-state index in [2.05, 4.69) is 46.2 Å². The van der Waals surface area contributed by atoms with Crippen LogP contribution >= 0.6 is 0 Å². The number of nitrogens with one attached hydrogen (secondary N) is 7. The molecule has 0 fully saturated rings. The number of hydrogen-bond acceptors (Lipinski definition) is 10. The molecule has 103 heavy (non-hydrogen) atoms. The summed E-state index contributed by atoms with van der Waals surface area (Å²) in [6.45, 7) is 4.46. The van der Waals surface area contributed by atoms with Crippen molar-refractivity contribution in [2.24, 2.45) is 0 Å². The van der Waals surface area contributed by atoms with Crippen LogP contribution in [0.15, 0.2) is 311 Å². The first-order valence-electron chi connectivity index (χ1n) is 34.3. The Balaban J connectivity index is 1.04. The minimum Gasteiger partial charge on any atom is -0.480 e. The van der Waals surface area contributed by atoms with Gasteiger partial charge in [0, 0.05) is 37.9 Å². The lowest BCUT2D eigenvalue weighted by molar-refractivity contribution is -0.151. The van der Waals surface area contributed by atoms with Gasteiger partial charge in [-0.05, 0) is 70.8 Å². The van der Waals surface area contributed by atoms with Gasteiger partial charge in [-0.2, -0.15) is 0 Å². The van der Waals surface area contributed by atoms with E-state index in [1.165, 1.54) is 36.3 Å². The Morgan fingerprint density at radius 1 is 0.350 bits per heavy atom. The lowest BCUT2D eigenvalue weighted by atomic mass is 9.74. The van der Waals surface area contributed by atoms with Crippen molar-refractivity contribution in [3.8, 4) is 0 Å². The highest BCUT2D eigenvalue weighted by molar-refractivity contribution is 5.98. The third-order valence-electron chi connectivity index (χ3n) is 19.0. The van der Waals surface area contributed by atoms with Gasteiger partial charge in [-0.25, -0.2) is 15.0 Å². The second-order valence-corrected chi connectivity index (χ2v) is 25.4. The molecular weight excluding hydrogens is 1290 g/mol. The normalized spacial score (nSPS) is 13.4. The van der Waals surface area contributed by atoms with Gasteiger partial charge >= 0.3 is 5.97 Å². The van der Waals surface area contributed by atoms with Gasteiger partial charge in [-0.3, -0.25) is 34.1 Å². The minimum absolute atomic E-state index is 0.0478. The van der Waals surface area contributed by atoms with E-state index in [0.717, 1.165) is 16.7 Å². The summed E-state index contributed by atoms with van der Waals surface area (Å²) >= 11 is 0. The minimum atomic E-state index is -1.75. The number of carbonyl (C=O) groups is 6. The highest BCUT2D eigenvalue weighted by Gasteiger charge is 2.54. The molecule has 518 valence electrons. The van der Waals surface area contributed by atoms with Crippen LogP contribution in [-0.4, -0.2) is 117 Å². The Bertz CT molecular complexity index is 4410. The molecule has 0 saturated heterocycles. The molecule has 8 N–H and O–H groups in total. The molecule has 19 heteroatoms. The van der Waals surface area contributed by atoms with Gasteiger partial charge < -0.3 is 45.8 Å². The molecule has 19 nitrogen and oxygen atoms in total. The molecule has 12 rings (SSSR count). The Hall–Kier alpha value is -12.6. The van der Waals surface area contributed by atoms with Crippen LogP contribution in [0.25, 0.3) is 0 Å². The second-order valence-electron chi connectivity index (χ2n) is 25.4. The number of aromatic nitrogens is 6. The molecule has 0 saturated carbocycles. The van der Waals surface area contributed by atoms with E-state index < -0.39 is 88.4 Å². The van der Waals surface area contributed by atoms with Gasteiger partial charge in [-0.15, -0.1) is 0 Å². The smallest absolute Gasteiger partial charge is 0.325 e. The number of carbonyl (C=O) groups excluding carboxylic acids is 5. The predicted molar refractivity (Wildman–Crippen MR) is 393 cm³/mol. The zero-order chi connectivity index (χ0) is 71.8. The predicted octanol–water partition coefficient (Wildman–Crippen LogP) is 10.8. The van der Waals surface area contributed by atoms with Crippen LogP contribution in [0, 0.1) is 0 Å². The SMILES string of the molecule is C[C@H](NC(=O)[C@H](Cc1c[nH]cn1)N(C(=O)[C@H](C)NC(=O)[C@H](Cc1c[nH]cn1)N(C(=O)[C@H](C)NC(=O)[C@H](Cc1c[nH]cn1)NC(c1ccccc1)(c1ccccc1)c1ccccc1)C(c1ccccc1)(c1ccccc1)c1ccccc1)C(c1ccccc1)(c1ccccc1)c1ccccc1)C(=O)O. The van der Waals surface area contributed by atoms with Crippen molar-refractivity contribution in [1.29, 1.82) is 0 Å². The zero-order valence-corrected chi connectivity index (χ0v) is 57.2. The molecule has 0 radical (unpaired) electrons. The number of aromatic amines is 3. The van der Waals surface area contributed by atoms with Crippen molar-refractivity contribution in [1.82, 2.24) is 61.0 Å². The largest absolute Gasteiger partial charge is 0.480 e. The lowest BCUT2D eigenvalue weighted by Gasteiger charge is -2.50. The second kappa shape index (κ2) is 32.1. The molecule has 0 aliphatic rings. The molecule has 5 amide bonds. The number of aliphatic carboxylic acids is 1. The van der Waals surface area contributed by atoms with Crippen molar-refractivity contribution in [3.63, 3.8) is 0 Å². The maximum Gasteiger partial charge on any atom is 0.325 e. The topological polar surface area (TPSA) is 263 Å². The van der Waals surface area contributed by atoms with E-state index in [1.807, 2.05) is 273 Å².